The number of rotatable bonds is 3. The number of hydrazine groups is 1. The van der Waals surface area contributed by atoms with E-state index in [1.165, 1.54) is 12.8 Å². The molecule has 13 heavy (non-hydrogen) atoms. The molecule has 1 amide bonds. The maximum atomic E-state index is 11.5. The largest absolute Gasteiger partial charge is 0.293 e. The lowest BCUT2D eigenvalue weighted by molar-refractivity contribution is -0.127. The number of hydrogen-bond acceptors (Lipinski definition) is 3. The predicted molar refractivity (Wildman–Crippen MR) is 51.8 cm³/mol. The molecule has 1 unspecified atom stereocenters. The molecule has 1 aliphatic rings. The van der Waals surface area contributed by atoms with Crippen LogP contribution in [0.15, 0.2) is 0 Å². The number of hydrogen-bond donors (Lipinski definition) is 2. The molecule has 4 heteroatoms. The summed E-state index contributed by atoms with van der Waals surface area (Å²) < 4.78 is 0. The van der Waals surface area contributed by atoms with Crippen molar-refractivity contribution < 1.29 is 4.79 Å². The van der Waals surface area contributed by atoms with Gasteiger partial charge in [0, 0.05) is 0 Å². The Morgan fingerprint density at radius 3 is 2.31 bits per heavy atom. The van der Waals surface area contributed by atoms with E-state index in [4.69, 9.17) is 5.84 Å². The number of carbonyl (C=O) groups is 1. The first-order valence-corrected chi connectivity index (χ1v) is 4.91. The molecule has 3 N–H and O–H groups in total. The lowest BCUT2D eigenvalue weighted by Gasteiger charge is -2.28. The van der Waals surface area contributed by atoms with E-state index in [2.05, 4.69) is 24.2 Å². The molecule has 0 aromatic heterocycles. The topological polar surface area (TPSA) is 58.4 Å². The summed E-state index contributed by atoms with van der Waals surface area (Å²) in [6.07, 6.45) is 2.39. The van der Waals surface area contributed by atoms with Gasteiger partial charge in [0.1, 0.15) is 0 Å². The van der Waals surface area contributed by atoms with Crippen LogP contribution in [0, 0.1) is 5.92 Å². The number of carbonyl (C=O) groups excluding carboxylic acids is 1. The highest BCUT2D eigenvalue weighted by Crippen LogP contribution is 2.17. The molecule has 1 fully saturated rings. The van der Waals surface area contributed by atoms with Gasteiger partial charge in [0.15, 0.2) is 0 Å². The molecule has 0 aromatic carbocycles. The lowest BCUT2D eigenvalue weighted by atomic mass is 10.0. The highest BCUT2D eigenvalue weighted by molar-refractivity contribution is 5.81. The van der Waals surface area contributed by atoms with Crippen LogP contribution in [0.4, 0.5) is 0 Å². The van der Waals surface area contributed by atoms with E-state index < -0.39 is 0 Å². The summed E-state index contributed by atoms with van der Waals surface area (Å²) >= 11 is 0. The fourth-order valence-electron chi connectivity index (χ4n) is 2.00. The van der Waals surface area contributed by atoms with Crippen LogP contribution in [0.1, 0.15) is 26.7 Å². The van der Waals surface area contributed by atoms with Crippen LogP contribution in [0.3, 0.4) is 0 Å². The molecule has 4 nitrogen and oxygen atoms in total. The van der Waals surface area contributed by atoms with Crippen molar-refractivity contribution in [1.29, 1.82) is 0 Å². The molecule has 0 saturated carbocycles. The number of nitrogens with zero attached hydrogens (tertiary/aromatic N) is 1. The summed E-state index contributed by atoms with van der Waals surface area (Å²) in [5, 5.41) is 0. The molecular formula is C9H19N3O. The third kappa shape index (κ3) is 2.42. The van der Waals surface area contributed by atoms with E-state index in [1.807, 2.05) is 0 Å². The minimum absolute atomic E-state index is 0.0486. The minimum Gasteiger partial charge on any atom is -0.293 e. The molecule has 0 aromatic rings. The quantitative estimate of drug-likeness (QED) is 0.372. The average Bonchev–Trinajstić information content (AvgIpc) is 2.56. The molecule has 76 valence electrons. The smallest absolute Gasteiger partial charge is 0.251 e. The normalized spacial score (nSPS) is 20.6. The van der Waals surface area contributed by atoms with Gasteiger partial charge in [0.2, 0.25) is 0 Å². The van der Waals surface area contributed by atoms with Gasteiger partial charge in [-0.1, -0.05) is 13.8 Å². The van der Waals surface area contributed by atoms with Crippen molar-refractivity contribution in [3.05, 3.63) is 0 Å². The summed E-state index contributed by atoms with van der Waals surface area (Å²) in [4.78, 5) is 13.7. The zero-order chi connectivity index (χ0) is 9.84. The van der Waals surface area contributed by atoms with Gasteiger partial charge in [0.25, 0.3) is 5.91 Å². The van der Waals surface area contributed by atoms with Crippen molar-refractivity contribution in [3.63, 3.8) is 0 Å². The first-order valence-electron chi connectivity index (χ1n) is 4.91. The summed E-state index contributed by atoms with van der Waals surface area (Å²) in [6, 6.07) is -0.0486. The van der Waals surface area contributed by atoms with Crippen molar-refractivity contribution in [1.82, 2.24) is 10.3 Å². The molecule has 1 atom stereocenters. The van der Waals surface area contributed by atoms with Crippen molar-refractivity contribution in [2.24, 2.45) is 11.8 Å². The second kappa shape index (κ2) is 4.58. The third-order valence-corrected chi connectivity index (χ3v) is 2.58. The fourth-order valence-corrected chi connectivity index (χ4v) is 2.00. The number of likely N-dealkylation sites (tertiary alicyclic amines) is 1. The maximum absolute atomic E-state index is 11.5. The van der Waals surface area contributed by atoms with Crippen LogP contribution in [0.25, 0.3) is 0 Å². The monoisotopic (exact) mass is 185 g/mol. The van der Waals surface area contributed by atoms with E-state index >= 15 is 0 Å². The van der Waals surface area contributed by atoms with E-state index in [0.717, 1.165) is 13.1 Å². The Bertz CT molecular complexity index is 176. The summed E-state index contributed by atoms with van der Waals surface area (Å²) in [6.45, 7) is 6.16. The molecule has 1 saturated heterocycles. The lowest BCUT2D eigenvalue weighted by Crippen LogP contribution is -2.50. The second-order valence-corrected chi connectivity index (χ2v) is 3.94. The second-order valence-electron chi connectivity index (χ2n) is 3.94. The van der Waals surface area contributed by atoms with Gasteiger partial charge in [-0.15, -0.1) is 0 Å². The number of amides is 1. The molecule has 0 spiro atoms. The Morgan fingerprint density at radius 2 is 1.92 bits per heavy atom. The number of nitrogens with two attached hydrogens (primary N) is 1. The van der Waals surface area contributed by atoms with Gasteiger partial charge in [-0.05, 0) is 31.8 Å². The van der Waals surface area contributed by atoms with Gasteiger partial charge in [-0.3, -0.25) is 15.1 Å². The molecule has 0 radical (unpaired) electrons. The average molecular weight is 185 g/mol. The van der Waals surface area contributed by atoms with E-state index in [0.29, 0.717) is 5.92 Å². The molecular weight excluding hydrogens is 166 g/mol. The zero-order valence-corrected chi connectivity index (χ0v) is 8.42. The van der Waals surface area contributed by atoms with Crippen molar-refractivity contribution in [2.75, 3.05) is 13.1 Å². The Labute approximate surface area is 79.4 Å². The summed E-state index contributed by atoms with van der Waals surface area (Å²) in [5.41, 5.74) is 2.24. The molecule has 1 rings (SSSR count). The fraction of sp³-hybridized carbons (Fsp3) is 0.889. The Kier molecular flexibility index (Phi) is 3.69. The Morgan fingerprint density at radius 1 is 1.38 bits per heavy atom. The predicted octanol–water partition coefficient (Wildman–Crippen LogP) is 0.0967. The van der Waals surface area contributed by atoms with Gasteiger partial charge in [0.05, 0.1) is 6.04 Å². The summed E-state index contributed by atoms with van der Waals surface area (Å²) in [5.74, 6) is 5.41. The standard InChI is InChI=1S/C9H19N3O/c1-7(2)8(9(13)11-10)12-5-3-4-6-12/h7-8H,3-6,10H2,1-2H3,(H,11,13). The molecule has 0 aliphatic carbocycles. The minimum atomic E-state index is -0.0584. The SMILES string of the molecule is CC(C)C(C(=O)NN)N1CCCC1. The van der Waals surface area contributed by atoms with Crippen LogP contribution in [-0.4, -0.2) is 29.9 Å². The third-order valence-electron chi connectivity index (χ3n) is 2.58. The first-order chi connectivity index (χ1) is 6.16. The molecule has 1 heterocycles. The molecule has 1 aliphatic heterocycles. The first kappa shape index (κ1) is 10.5. The highest BCUT2D eigenvalue weighted by Gasteiger charge is 2.29. The van der Waals surface area contributed by atoms with E-state index in [9.17, 15) is 4.79 Å². The highest BCUT2D eigenvalue weighted by atomic mass is 16.2. The Hall–Kier alpha value is -0.610. The van der Waals surface area contributed by atoms with Gasteiger partial charge in [-0.25, -0.2) is 5.84 Å². The van der Waals surface area contributed by atoms with Crippen LogP contribution in [-0.2, 0) is 4.79 Å². The van der Waals surface area contributed by atoms with Crippen LogP contribution in [0.5, 0.6) is 0 Å². The Balaban J connectivity index is 2.60. The van der Waals surface area contributed by atoms with Gasteiger partial charge >= 0.3 is 0 Å². The van der Waals surface area contributed by atoms with Crippen LogP contribution in [0.2, 0.25) is 0 Å². The van der Waals surface area contributed by atoms with E-state index in [-0.39, 0.29) is 11.9 Å². The van der Waals surface area contributed by atoms with Crippen molar-refractivity contribution in [2.45, 2.75) is 32.7 Å². The van der Waals surface area contributed by atoms with Crippen molar-refractivity contribution >= 4 is 5.91 Å². The maximum Gasteiger partial charge on any atom is 0.251 e. The molecule has 0 bridgehead atoms. The van der Waals surface area contributed by atoms with Gasteiger partial charge < -0.3 is 0 Å². The van der Waals surface area contributed by atoms with Gasteiger partial charge in [-0.2, -0.15) is 0 Å². The van der Waals surface area contributed by atoms with Crippen molar-refractivity contribution in [3.8, 4) is 0 Å². The summed E-state index contributed by atoms with van der Waals surface area (Å²) in [7, 11) is 0. The number of nitrogens with one attached hydrogen (secondary N) is 1. The van der Waals surface area contributed by atoms with Crippen LogP contribution >= 0.6 is 0 Å². The zero-order valence-electron chi connectivity index (χ0n) is 8.42. The van der Waals surface area contributed by atoms with E-state index in [1.54, 1.807) is 0 Å². The van der Waals surface area contributed by atoms with Crippen LogP contribution < -0.4 is 11.3 Å².